The standard InChI is InChI=1S/C16H19ClN4O5S2/c1-3-4-7-20(10-15(22)19-16-18-9-11(2)27-16)28(25,26)12-5-6-13(17)14(8-12)21(23)24/h5-6,8-9H,3-4,7,10H2,1-2H3,(H,18,19,22). The first-order chi connectivity index (χ1) is 13.1. The molecular formula is C16H19ClN4O5S2. The Morgan fingerprint density at radius 3 is 2.71 bits per heavy atom. The molecule has 12 heteroatoms. The van der Waals surface area contributed by atoms with Gasteiger partial charge in [0.05, 0.1) is 16.4 Å². The minimum Gasteiger partial charge on any atom is -0.301 e. The average Bonchev–Trinajstić information content (AvgIpc) is 3.03. The molecule has 0 unspecified atom stereocenters. The third-order valence-corrected chi connectivity index (χ3v) is 6.69. The zero-order valence-electron chi connectivity index (χ0n) is 15.2. The largest absolute Gasteiger partial charge is 0.301 e. The Balaban J connectivity index is 2.28. The van der Waals surface area contributed by atoms with Gasteiger partial charge in [-0.15, -0.1) is 11.3 Å². The molecule has 9 nitrogen and oxygen atoms in total. The van der Waals surface area contributed by atoms with Gasteiger partial charge in [-0.05, 0) is 25.5 Å². The number of anilines is 1. The molecule has 0 saturated carbocycles. The number of nitrogens with one attached hydrogen (secondary N) is 1. The Bertz CT molecular complexity index is 977. The first-order valence-electron chi connectivity index (χ1n) is 8.31. The molecule has 0 aliphatic rings. The topological polar surface area (TPSA) is 123 Å². The summed E-state index contributed by atoms with van der Waals surface area (Å²) in [4.78, 5) is 27.3. The van der Waals surface area contributed by atoms with Crippen molar-refractivity contribution in [2.45, 2.75) is 31.6 Å². The summed E-state index contributed by atoms with van der Waals surface area (Å²) in [7, 11) is -4.14. The van der Waals surface area contributed by atoms with Crippen molar-refractivity contribution in [3.8, 4) is 0 Å². The highest BCUT2D eigenvalue weighted by Crippen LogP contribution is 2.28. The maximum Gasteiger partial charge on any atom is 0.289 e. The van der Waals surface area contributed by atoms with Crippen molar-refractivity contribution >= 4 is 49.7 Å². The minimum absolute atomic E-state index is 0.0968. The van der Waals surface area contributed by atoms with E-state index in [0.717, 1.165) is 21.3 Å². The fourth-order valence-corrected chi connectivity index (χ4v) is 4.61. The van der Waals surface area contributed by atoms with E-state index < -0.39 is 33.1 Å². The highest BCUT2D eigenvalue weighted by Gasteiger charge is 2.29. The first kappa shape index (κ1) is 22.2. The van der Waals surface area contributed by atoms with E-state index in [9.17, 15) is 23.3 Å². The Kier molecular flexibility index (Phi) is 7.47. The first-order valence-corrected chi connectivity index (χ1v) is 10.9. The van der Waals surface area contributed by atoms with Gasteiger partial charge in [-0.3, -0.25) is 14.9 Å². The van der Waals surface area contributed by atoms with Crippen LogP contribution in [0.4, 0.5) is 10.8 Å². The number of carbonyl (C=O) groups excluding carboxylic acids is 1. The van der Waals surface area contributed by atoms with Crippen LogP contribution in [0, 0.1) is 17.0 Å². The molecule has 152 valence electrons. The number of aromatic nitrogens is 1. The van der Waals surface area contributed by atoms with Crippen LogP contribution in [0.3, 0.4) is 0 Å². The Hall–Kier alpha value is -2.08. The lowest BCUT2D eigenvalue weighted by Crippen LogP contribution is -2.38. The van der Waals surface area contributed by atoms with Crippen molar-refractivity contribution in [2.75, 3.05) is 18.4 Å². The number of halogens is 1. The number of sulfonamides is 1. The summed E-state index contributed by atoms with van der Waals surface area (Å²) in [6, 6.07) is 3.24. The van der Waals surface area contributed by atoms with Gasteiger partial charge in [0.25, 0.3) is 5.69 Å². The van der Waals surface area contributed by atoms with Crippen LogP contribution in [0.25, 0.3) is 0 Å². The van der Waals surface area contributed by atoms with E-state index in [1.54, 1.807) is 6.20 Å². The molecule has 0 bridgehead atoms. The lowest BCUT2D eigenvalue weighted by atomic mass is 10.3. The van der Waals surface area contributed by atoms with E-state index in [2.05, 4.69) is 10.3 Å². The summed E-state index contributed by atoms with van der Waals surface area (Å²) >= 11 is 7.03. The van der Waals surface area contributed by atoms with Gasteiger partial charge in [-0.1, -0.05) is 24.9 Å². The molecule has 0 spiro atoms. The van der Waals surface area contributed by atoms with Crippen LogP contribution in [0.15, 0.2) is 29.3 Å². The number of amides is 1. The summed E-state index contributed by atoms with van der Waals surface area (Å²) < 4.78 is 27.0. The summed E-state index contributed by atoms with van der Waals surface area (Å²) in [6.45, 7) is 3.38. The maximum absolute atomic E-state index is 13.0. The average molecular weight is 447 g/mol. The lowest BCUT2D eigenvalue weighted by Gasteiger charge is -2.21. The Labute approximate surface area is 171 Å². The Morgan fingerprint density at radius 1 is 1.43 bits per heavy atom. The summed E-state index contributed by atoms with van der Waals surface area (Å²) in [5.74, 6) is -0.544. The second kappa shape index (κ2) is 9.41. The van der Waals surface area contributed by atoms with Crippen molar-refractivity contribution in [1.29, 1.82) is 0 Å². The molecule has 0 aliphatic carbocycles. The van der Waals surface area contributed by atoms with Crippen molar-refractivity contribution in [3.05, 3.63) is 44.4 Å². The number of nitro groups is 1. The smallest absolute Gasteiger partial charge is 0.289 e. The molecule has 1 amide bonds. The summed E-state index contributed by atoms with van der Waals surface area (Å²) in [5.41, 5.74) is -0.513. The zero-order valence-corrected chi connectivity index (χ0v) is 17.6. The maximum atomic E-state index is 13.0. The number of hydrogen-bond donors (Lipinski definition) is 1. The number of aryl methyl sites for hydroxylation is 1. The summed E-state index contributed by atoms with van der Waals surface area (Å²) in [5, 5.41) is 13.8. The zero-order chi connectivity index (χ0) is 20.9. The third kappa shape index (κ3) is 5.47. The number of hydrogen-bond acceptors (Lipinski definition) is 7. The van der Waals surface area contributed by atoms with E-state index in [-0.39, 0.29) is 16.5 Å². The molecule has 1 aromatic carbocycles. The molecule has 0 saturated heterocycles. The number of thiazole rings is 1. The normalized spacial score (nSPS) is 11.6. The molecule has 28 heavy (non-hydrogen) atoms. The van der Waals surface area contributed by atoms with Crippen molar-refractivity contribution < 1.29 is 18.1 Å². The minimum atomic E-state index is -4.14. The van der Waals surface area contributed by atoms with Gasteiger partial charge in [0.2, 0.25) is 15.9 Å². The SMILES string of the molecule is CCCCN(CC(=O)Nc1ncc(C)s1)S(=O)(=O)c1ccc(Cl)c([N+](=O)[O-])c1. The number of rotatable bonds is 9. The fourth-order valence-electron chi connectivity index (χ4n) is 2.29. The van der Waals surface area contributed by atoms with Crippen molar-refractivity contribution in [3.63, 3.8) is 0 Å². The number of nitro benzene ring substituents is 1. The molecule has 0 aliphatic heterocycles. The van der Waals surface area contributed by atoms with Gasteiger partial charge in [0.15, 0.2) is 5.13 Å². The molecule has 2 aromatic rings. The molecule has 1 aromatic heterocycles. The number of carbonyl (C=O) groups is 1. The molecular weight excluding hydrogens is 428 g/mol. The molecule has 1 N–H and O–H groups in total. The van der Waals surface area contributed by atoms with Crippen LogP contribution in [-0.2, 0) is 14.8 Å². The van der Waals surface area contributed by atoms with Crippen LogP contribution >= 0.6 is 22.9 Å². The molecule has 2 rings (SSSR count). The predicted molar refractivity (Wildman–Crippen MR) is 107 cm³/mol. The van der Waals surface area contributed by atoms with E-state index in [1.807, 2.05) is 13.8 Å². The van der Waals surface area contributed by atoms with Crippen molar-refractivity contribution in [2.24, 2.45) is 0 Å². The van der Waals surface area contributed by atoms with Crippen LogP contribution in [-0.4, -0.2) is 41.6 Å². The van der Waals surface area contributed by atoms with Crippen LogP contribution < -0.4 is 5.32 Å². The molecule has 1 heterocycles. The third-order valence-electron chi connectivity index (χ3n) is 3.70. The second-order valence-electron chi connectivity index (χ2n) is 5.89. The Morgan fingerprint density at radius 2 is 2.14 bits per heavy atom. The quantitative estimate of drug-likeness (QED) is 0.465. The van der Waals surface area contributed by atoms with Gasteiger partial charge in [0.1, 0.15) is 5.02 Å². The highest BCUT2D eigenvalue weighted by atomic mass is 35.5. The van der Waals surface area contributed by atoms with Crippen LogP contribution in [0.5, 0.6) is 0 Å². The van der Waals surface area contributed by atoms with Crippen molar-refractivity contribution in [1.82, 2.24) is 9.29 Å². The van der Waals surface area contributed by atoms with E-state index >= 15 is 0 Å². The van der Waals surface area contributed by atoms with Crippen LogP contribution in [0.1, 0.15) is 24.6 Å². The summed E-state index contributed by atoms with van der Waals surface area (Å²) in [6.07, 6.45) is 2.83. The molecule has 0 fully saturated rings. The van der Waals surface area contributed by atoms with E-state index in [4.69, 9.17) is 11.6 Å². The van der Waals surface area contributed by atoms with Gasteiger partial charge >= 0.3 is 0 Å². The second-order valence-corrected chi connectivity index (χ2v) is 9.47. The molecule has 0 atom stereocenters. The van der Waals surface area contributed by atoms with E-state index in [1.165, 1.54) is 17.4 Å². The van der Waals surface area contributed by atoms with Crippen LogP contribution in [0.2, 0.25) is 5.02 Å². The van der Waals surface area contributed by atoms with E-state index in [0.29, 0.717) is 18.0 Å². The molecule has 0 radical (unpaired) electrons. The van der Waals surface area contributed by atoms with Gasteiger partial charge in [-0.2, -0.15) is 4.31 Å². The van der Waals surface area contributed by atoms with Gasteiger partial charge in [0, 0.05) is 23.7 Å². The van der Waals surface area contributed by atoms with Gasteiger partial charge < -0.3 is 5.32 Å². The highest BCUT2D eigenvalue weighted by molar-refractivity contribution is 7.89. The monoisotopic (exact) mass is 446 g/mol. The number of benzene rings is 1. The van der Waals surface area contributed by atoms with Gasteiger partial charge in [-0.25, -0.2) is 13.4 Å². The predicted octanol–water partition coefficient (Wildman–Crippen LogP) is 3.44. The number of nitrogens with zero attached hydrogens (tertiary/aromatic N) is 3. The fraction of sp³-hybridized carbons (Fsp3) is 0.375. The lowest BCUT2D eigenvalue weighted by molar-refractivity contribution is -0.384. The number of unbranched alkanes of at least 4 members (excludes halogenated alkanes) is 1.